The van der Waals surface area contributed by atoms with Crippen molar-refractivity contribution >= 4 is 93.2 Å². The molecule has 0 bridgehead atoms. The molecule has 0 unspecified atom stereocenters. The van der Waals surface area contributed by atoms with E-state index in [-0.39, 0.29) is 0 Å². The van der Waals surface area contributed by atoms with Gasteiger partial charge in [-0.05, 0) is 66.7 Å². The molecule has 0 spiro atoms. The molecule has 0 radical (unpaired) electrons. The summed E-state index contributed by atoms with van der Waals surface area (Å²) in [5.41, 5.74) is 11.8. The monoisotopic (exact) mass is 734 g/mol. The molecule has 0 aliphatic heterocycles. The van der Waals surface area contributed by atoms with Crippen LogP contribution in [0.2, 0.25) is 0 Å². The van der Waals surface area contributed by atoms with Crippen LogP contribution < -0.4 is 0 Å². The smallest absolute Gasteiger partial charge is 0.335 e. The fourth-order valence-corrected chi connectivity index (χ4v) is 9.79. The molecule has 0 aliphatic rings. The van der Waals surface area contributed by atoms with Gasteiger partial charge in [0.05, 0.1) is 33.1 Å². The minimum Gasteiger partial charge on any atom is -0.478 e. The predicted molar refractivity (Wildman–Crippen MR) is 235 cm³/mol. The molecule has 4 aromatic heterocycles. The molecule has 0 fully saturated rings. The molecule has 0 atom stereocenters. The summed E-state index contributed by atoms with van der Waals surface area (Å²) in [4.78, 5) is 12.1. The lowest BCUT2D eigenvalue weighted by atomic mass is 10.0. The first-order valence-electron chi connectivity index (χ1n) is 19.4. The first kappa shape index (κ1) is 31.7. The van der Waals surface area contributed by atoms with Gasteiger partial charge in [0.2, 0.25) is 0 Å². The highest BCUT2D eigenvalue weighted by Gasteiger charge is 2.28. The number of benzene rings is 8. The third kappa shape index (κ3) is 4.38. The second-order valence-corrected chi connectivity index (χ2v) is 14.9. The molecule has 270 valence electrons. The van der Waals surface area contributed by atoms with Gasteiger partial charge in [0.25, 0.3) is 0 Å². The Morgan fingerprint density at radius 1 is 0.386 bits per heavy atom. The van der Waals surface area contributed by atoms with Crippen LogP contribution in [-0.4, -0.2) is 29.3 Å². The normalized spacial score (nSPS) is 12.1. The summed E-state index contributed by atoms with van der Waals surface area (Å²) in [5.74, 6) is -0.920. The van der Waals surface area contributed by atoms with Crippen LogP contribution >= 0.6 is 0 Å². The van der Waals surface area contributed by atoms with Crippen molar-refractivity contribution in [1.29, 1.82) is 0 Å². The van der Waals surface area contributed by atoms with Crippen LogP contribution in [0.3, 0.4) is 0 Å². The van der Waals surface area contributed by atoms with Gasteiger partial charge in [0.15, 0.2) is 0 Å². The Morgan fingerprint density at radius 3 is 1.33 bits per heavy atom. The summed E-state index contributed by atoms with van der Waals surface area (Å²) in [6, 6.07) is 62.0. The van der Waals surface area contributed by atoms with E-state index in [4.69, 9.17) is 0 Å². The minimum atomic E-state index is -0.920. The van der Waals surface area contributed by atoms with Crippen LogP contribution in [0.1, 0.15) is 10.4 Å². The molecule has 57 heavy (non-hydrogen) atoms. The molecule has 0 aliphatic carbocycles. The van der Waals surface area contributed by atoms with E-state index >= 15 is 0 Å². The number of aromatic carboxylic acids is 1. The van der Waals surface area contributed by atoms with Gasteiger partial charge in [0, 0.05) is 84.1 Å². The molecule has 0 saturated carbocycles. The summed E-state index contributed by atoms with van der Waals surface area (Å²) < 4.78 is 9.86. The van der Waals surface area contributed by atoms with E-state index in [1.807, 2.05) is 18.2 Å². The second-order valence-electron chi connectivity index (χ2n) is 14.9. The Balaban J connectivity index is 1.27. The van der Waals surface area contributed by atoms with Gasteiger partial charge in [0.1, 0.15) is 0 Å². The summed E-state index contributed by atoms with van der Waals surface area (Å²) >= 11 is 0. The first-order valence-corrected chi connectivity index (χ1v) is 19.4. The molecule has 1 N–H and O–H groups in total. The van der Waals surface area contributed by atoms with E-state index in [0.717, 1.165) is 38.7 Å². The lowest BCUT2D eigenvalue weighted by molar-refractivity contribution is 0.0697. The number of hydrogen-bond acceptors (Lipinski definition) is 1. The van der Waals surface area contributed by atoms with Crippen LogP contribution in [0.25, 0.3) is 98.6 Å². The Hall–Kier alpha value is -7.57. The number of aromatic nitrogens is 4. The van der Waals surface area contributed by atoms with Gasteiger partial charge >= 0.3 is 5.97 Å². The molecular formula is C51H34N4O2. The van der Waals surface area contributed by atoms with E-state index in [0.29, 0.717) is 18.7 Å². The Labute approximate surface area is 326 Å². The highest BCUT2D eigenvalue weighted by Crippen LogP contribution is 2.49. The summed E-state index contributed by atoms with van der Waals surface area (Å²) in [7, 11) is 0. The molecule has 12 aromatic rings. The zero-order valence-corrected chi connectivity index (χ0v) is 30.8. The van der Waals surface area contributed by atoms with E-state index in [9.17, 15) is 9.90 Å². The summed E-state index contributed by atoms with van der Waals surface area (Å²) in [6.45, 7) is 1.37. The number of rotatable bonds is 6. The largest absolute Gasteiger partial charge is 0.478 e. The standard InChI is InChI=1S/C51H34N4O2/c56-51(57)32-27-28-42-39(31-32)35-19-7-11-23-40(35)52(42)29-30-53-41-24-12-8-20-36(41)45-48(53)46-37-21-9-13-25-43(37)54(33-15-3-1-4-16-33)50(46)47-38-22-10-14-26-44(38)55(49(45)47)34-17-5-2-6-18-34/h1-28,31H,29-30H2,(H,56,57). The van der Waals surface area contributed by atoms with Crippen LogP contribution in [0.4, 0.5) is 0 Å². The number of carboxylic acid groups (broad SMARTS) is 1. The molecule has 6 heteroatoms. The zero-order valence-electron chi connectivity index (χ0n) is 30.8. The SMILES string of the molecule is O=C(O)c1ccc2c(c1)c1ccccc1n2CCn1c2ccccc2c2c1c1c3ccccc3n(-c3ccccc3)c1c1c3ccccc3n(-c3ccccc3)c21. The average molecular weight is 735 g/mol. The third-order valence-electron chi connectivity index (χ3n) is 12.0. The van der Waals surface area contributed by atoms with Gasteiger partial charge in [-0.15, -0.1) is 0 Å². The number of para-hydroxylation sites is 6. The lowest BCUT2D eigenvalue weighted by Crippen LogP contribution is -2.07. The van der Waals surface area contributed by atoms with Gasteiger partial charge in [-0.2, -0.15) is 0 Å². The van der Waals surface area contributed by atoms with Crippen molar-refractivity contribution in [2.45, 2.75) is 13.1 Å². The number of nitrogens with zero attached hydrogens (tertiary/aromatic N) is 4. The minimum absolute atomic E-state index is 0.294. The average Bonchev–Trinajstić information content (AvgIpc) is 3.98. The Kier molecular flexibility index (Phi) is 6.66. The van der Waals surface area contributed by atoms with Crippen molar-refractivity contribution in [2.24, 2.45) is 0 Å². The van der Waals surface area contributed by atoms with Crippen molar-refractivity contribution in [3.63, 3.8) is 0 Å². The van der Waals surface area contributed by atoms with Gasteiger partial charge < -0.3 is 23.4 Å². The second kappa shape index (κ2) is 12.0. The molecule has 4 heterocycles. The Bertz CT molecular complexity index is 3530. The number of carbonyl (C=O) groups is 1. The van der Waals surface area contributed by atoms with Gasteiger partial charge in [-0.1, -0.05) is 109 Å². The molecule has 8 aromatic carbocycles. The maximum atomic E-state index is 12.1. The topological polar surface area (TPSA) is 57.0 Å². The number of hydrogen-bond donors (Lipinski definition) is 1. The lowest BCUT2D eigenvalue weighted by Gasteiger charge is -2.14. The zero-order chi connectivity index (χ0) is 37.8. The van der Waals surface area contributed by atoms with Crippen LogP contribution in [-0.2, 0) is 13.1 Å². The van der Waals surface area contributed by atoms with E-state index in [2.05, 4.69) is 170 Å². The number of carboxylic acids is 1. The third-order valence-corrected chi connectivity index (χ3v) is 12.0. The summed E-state index contributed by atoms with van der Waals surface area (Å²) in [6.07, 6.45) is 0. The van der Waals surface area contributed by atoms with E-state index in [1.54, 1.807) is 6.07 Å². The quantitative estimate of drug-likeness (QED) is 0.185. The highest BCUT2D eigenvalue weighted by molar-refractivity contribution is 6.40. The number of fused-ring (bicyclic) bond motifs is 15. The van der Waals surface area contributed by atoms with E-state index in [1.165, 1.54) is 59.9 Å². The van der Waals surface area contributed by atoms with E-state index < -0.39 is 5.97 Å². The van der Waals surface area contributed by atoms with Crippen LogP contribution in [0, 0.1) is 0 Å². The van der Waals surface area contributed by atoms with Crippen molar-refractivity contribution in [2.75, 3.05) is 0 Å². The predicted octanol–water partition coefficient (Wildman–Crippen LogP) is 12.5. The fraction of sp³-hybridized carbons (Fsp3) is 0.0392. The van der Waals surface area contributed by atoms with Crippen LogP contribution in [0.15, 0.2) is 176 Å². The number of aryl methyl sites for hydroxylation is 2. The van der Waals surface area contributed by atoms with Crippen molar-refractivity contribution in [3.05, 3.63) is 181 Å². The summed E-state index contributed by atoms with van der Waals surface area (Å²) in [5, 5.41) is 19.2. The van der Waals surface area contributed by atoms with Gasteiger partial charge in [-0.3, -0.25) is 0 Å². The highest BCUT2D eigenvalue weighted by atomic mass is 16.4. The molecule has 0 amide bonds. The van der Waals surface area contributed by atoms with Crippen molar-refractivity contribution in [3.8, 4) is 11.4 Å². The molecule has 12 rings (SSSR count). The first-order chi connectivity index (χ1) is 28.2. The van der Waals surface area contributed by atoms with Crippen molar-refractivity contribution in [1.82, 2.24) is 18.3 Å². The van der Waals surface area contributed by atoms with Crippen LogP contribution in [0.5, 0.6) is 0 Å². The molecular weight excluding hydrogens is 701 g/mol. The Morgan fingerprint density at radius 2 is 0.789 bits per heavy atom. The maximum absolute atomic E-state index is 12.1. The molecule has 0 saturated heterocycles. The van der Waals surface area contributed by atoms with Gasteiger partial charge in [-0.25, -0.2) is 4.79 Å². The van der Waals surface area contributed by atoms with Crippen molar-refractivity contribution < 1.29 is 9.90 Å². The fourth-order valence-electron chi connectivity index (χ4n) is 9.79. The maximum Gasteiger partial charge on any atom is 0.335 e. The molecule has 6 nitrogen and oxygen atoms in total.